The molecule has 2 saturated heterocycles. The second-order valence-electron chi connectivity index (χ2n) is 6.88. The highest BCUT2D eigenvalue weighted by Gasteiger charge is 2.44. The normalized spacial score (nSPS) is 45.9. The number of rotatable bonds is 1. The Kier molecular flexibility index (Phi) is 5.05. The highest BCUT2D eigenvalue weighted by atomic mass is 16.7. The van der Waals surface area contributed by atoms with Crippen LogP contribution >= 0.6 is 0 Å². The van der Waals surface area contributed by atoms with E-state index in [9.17, 15) is 15.3 Å². The van der Waals surface area contributed by atoms with E-state index in [0.29, 0.717) is 30.6 Å². The predicted molar refractivity (Wildman–Crippen MR) is 72.6 cm³/mol. The first-order valence-corrected chi connectivity index (χ1v) is 7.40. The van der Waals surface area contributed by atoms with Crippen LogP contribution < -0.4 is 0 Å². The topological polar surface area (TPSA) is 79.2 Å². The van der Waals surface area contributed by atoms with Gasteiger partial charge in [0.1, 0.15) is 12.6 Å². The van der Waals surface area contributed by atoms with Crippen LogP contribution in [0.1, 0.15) is 19.8 Å². The third-order valence-corrected chi connectivity index (χ3v) is 4.53. The summed E-state index contributed by atoms with van der Waals surface area (Å²) in [5.74, 6) is -0.286. The number of quaternary nitrogens is 1. The number of ether oxygens (including phenoxy) is 2. The lowest BCUT2D eigenvalue weighted by atomic mass is 9.82. The molecule has 118 valence electrons. The second kappa shape index (κ2) is 6.25. The van der Waals surface area contributed by atoms with Gasteiger partial charge in [-0.15, -0.1) is 0 Å². The smallest absolute Gasteiger partial charge is 0.185 e. The van der Waals surface area contributed by atoms with Crippen LogP contribution in [0.25, 0.3) is 0 Å². The Balaban J connectivity index is 2.14. The monoisotopic (exact) mass is 290 g/mol. The van der Waals surface area contributed by atoms with E-state index in [4.69, 9.17) is 9.47 Å². The van der Waals surface area contributed by atoms with Crippen LogP contribution in [0, 0.1) is 11.8 Å². The van der Waals surface area contributed by atoms with Crippen molar-refractivity contribution in [2.45, 2.75) is 44.4 Å². The van der Waals surface area contributed by atoms with Crippen molar-refractivity contribution < 1.29 is 29.3 Å². The fraction of sp³-hybridized carbons (Fsp3) is 1.00. The third kappa shape index (κ3) is 3.50. The summed E-state index contributed by atoms with van der Waals surface area (Å²) in [7, 11) is 3.99. The Morgan fingerprint density at radius 2 is 1.90 bits per heavy atom. The van der Waals surface area contributed by atoms with Crippen LogP contribution in [0.5, 0.6) is 0 Å². The van der Waals surface area contributed by atoms with Gasteiger partial charge in [0.2, 0.25) is 0 Å². The lowest BCUT2D eigenvalue weighted by molar-refractivity contribution is -0.914. The first-order valence-electron chi connectivity index (χ1n) is 7.40. The number of fused-ring (bicyclic) bond motifs is 1. The van der Waals surface area contributed by atoms with E-state index in [1.807, 2.05) is 21.0 Å². The SMILES string of the molecule is C[C@H]1[C@H](O)[C@H]2CCC(O)C[N+](C)(C)CO[C@@H]2O[C@@H]1CO. The number of hydrogen-bond donors (Lipinski definition) is 3. The molecule has 2 aliphatic rings. The summed E-state index contributed by atoms with van der Waals surface area (Å²) in [6.45, 7) is 2.79. The number of likely N-dealkylation sites (N-methyl/N-ethyl adjacent to an activating group) is 1. The third-order valence-electron chi connectivity index (χ3n) is 4.53. The minimum Gasteiger partial charge on any atom is -0.394 e. The molecular weight excluding hydrogens is 262 g/mol. The summed E-state index contributed by atoms with van der Waals surface area (Å²) < 4.78 is 12.2. The Hall–Kier alpha value is -0.240. The molecule has 0 aliphatic carbocycles. The van der Waals surface area contributed by atoms with E-state index in [2.05, 4.69) is 0 Å². The molecule has 2 fully saturated rings. The molecular formula is C14H28NO5+. The summed E-state index contributed by atoms with van der Waals surface area (Å²) in [6.07, 6.45) is -0.593. The van der Waals surface area contributed by atoms with E-state index in [0.717, 1.165) is 0 Å². The van der Waals surface area contributed by atoms with Gasteiger partial charge in [0, 0.05) is 11.8 Å². The van der Waals surface area contributed by atoms with Gasteiger partial charge in [0.05, 0.1) is 32.9 Å². The van der Waals surface area contributed by atoms with Gasteiger partial charge in [0.25, 0.3) is 0 Å². The molecule has 1 unspecified atom stereocenters. The van der Waals surface area contributed by atoms with Crippen molar-refractivity contribution in [1.29, 1.82) is 0 Å². The van der Waals surface area contributed by atoms with Crippen LogP contribution in [-0.4, -0.2) is 78.4 Å². The van der Waals surface area contributed by atoms with Crippen molar-refractivity contribution in [3.05, 3.63) is 0 Å². The summed E-state index contributed by atoms with van der Waals surface area (Å²) in [6, 6.07) is 0. The zero-order valence-electron chi connectivity index (χ0n) is 12.6. The van der Waals surface area contributed by atoms with Gasteiger partial charge in [-0.2, -0.15) is 0 Å². The first-order chi connectivity index (χ1) is 9.34. The zero-order chi connectivity index (χ0) is 14.9. The number of aliphatic hydroxyl groups excluding tert-OH is 3. The minimum absolute atomic E-state index is 0.119. The number of hydrogen-bond acceptors (Lipinski definition) is 5. The van der Waals surface area contributed by atoms with Gasteiger partial charge in [-0.25, -0.2) is 0 Å². The quantitative estimate of drug-likeness (QED) is 0.569. The maximum absolute atomic E-state index is 10.4. The van der Waals surface area contributed by atoms with E-state index < -0.39 is 24.6 Å². The minimum atomic E-state index is -0.577. The van der Waals surface area contributed by atoms with Gasteiger partial charge in [-0.05, 0) is 12.8 Å². The van der Waals surface area contributed by atoms with Crippen LogP contribution in [0.15, 0.2) is 0 Å². The van der Waals surface area contributed by atoms with Crippen molar-refractivity contribution >= 4 is 0 Å². The fourth-order valence-electron chi connectivity index (χ4n) is 3.22. The van der Waals surface area contributed by atoms with Crippen molar-refractivity contribution in [2.24, 2.45) is 11.8 Å². The van der Waals surface area contributed by atoms with Crippen molar-refractivity contribution in [3.63, 3.8) is 0 Å². The Labute approximate surface area is 120 Å². The maximum atomic E-state index is 10.4. The van der Waals surface area contributed by atoms with Crippen LogP contribution in [-0.2, 0) is 9.47 Å². The lowest BCUT2D eigenvalue weighted by Gasteiger charge is -2.43. The first kappa shape index (κ1) is 16.1. The second-order valence-corrected chi connectivity index (χ2v) is 6.88. The standard InChI is InChI=1S/C14H28NO5/c1-9-12(7-16)20-14-11(13(9)18)5-4-10(17)6-15(2,3)8-19-14/h9-14,16-18H,4-8H2,1-3H3/q+1/t9-,10?,11-,12-,13+,14-/m1/s1. The fourth-order valence-corrected chi connectivity index (χ4v) is 3.22. The van der Waals surface area contributed by atoms with Crippen LogP contribution in [0.4, 0.5) is 0 Å². The molecule has 0 amide bonds. The molecule has 0 aromatic carbocycles. The summed E-state index contributed by atoms with van der Waals surface area (Å²) >= 11 is 0. The molecule has 2 heterocycles. The molecule has 2 rings (SSSR count). The van der Waals surface area contributed by atoms with Gasteiger partial charge in [0.15, 0.2) is 13.0 Å². The lowest BCUT2D eigenvalue weighted by Crippen LogP contribution is -2.53. The molecule has 3 N–H and O–H groups in total. The average Bonchev–Trinajstić information content (AvgIpc) is 2.42. The molecule has 0 aromatic rings. The summed E-state index contributed by atoms with van der Waals surface area (Å²) in [5.41, 5.74) is 0. The molecule has 0 saturated carbocycles. The number of nitrogens with zero attached hydrogens (tertiary/aromatic N) is 1. The van der Waals surface area contributed by atoms with Gasteiger partial charge in [-0.1, -0.05) is 6.92 Å². The molecule has 6 atom stereocenters. The molecule has 0 bridgehead atoms. The van der Waals surface area contributed by atoms with Gasteiger partial charge in [-0.3, -0.25) is 0 Å². The molecule has 0 radical (unpaired) electrons. The molecule has 0 aromatic heterocycles. The molecule has 2 aliphatic heterocycles. The van der Waals surface area contributed by atoms with Gasteiger partial charge < -0.3 is 29.3 Å². The Morgan fingerprint density at radius 1 is 1.20 bits per heavy atom. The molecule has 6 heteroatoms. The molecule has 6 nitrogen and oxygen atoms in total. The highest BCUT2D eigenvalue weighted by molar-refractivity contribution is 4.87. The molecule has 20 heavy (non-hydrogen) atoms. The summed E-state index contributed by atoms with van der Waals surface area (Å²) in [4.78, 5) is 0. The highest BCUT2D eigenvalue weighted by Crippen LogP contribution is 2.35. The zero-order valence-corrected chi connectivity index (χ0v) is 12.6. The van der Waals surface area contributed by atoms with E-state index >= 15 is 0 Å². The number of aliphatic hydroxyl groups is 3. The predicted octanol–water partition coefficient (Wildman–Crippen LogP) is -0.478. The summed E-state index contributed by atoms with van der Waals surface area (Å²) in [5, 5.41) is 29.9. The maximum Gasteiger partial charge on any atom is 0.185 e. The van der Waals surface area contributed by atoms with Crippen LogP contribution in [0.3, 0.4) is 0 Å². The van der Waals surface area contributed by atoms with E-state index in [-0.39, 0.29) is 18.4 Å². The van der Waals surface area contributed by atoms with Crippen molar-refractivity contribution in [2.75, 3.05) is 34.0 Å². The van der Waals surface area contributed by atoms with E-state index in [1.165, 1.54) is 0 Å². The Bertz CT molecular complexity index is 325. The van der Waals surface area contributed by atoms with Crippen LogP contribution in [0.2, 0.25) is 0 Å². The van der Waals surface area contributed by atoms with Crippen molar-refractivity contribution in [3.8, 4) is 0 Å². The van der Waals surface area contributed by atoms with Gasteiger partial charge >= 0.3 is 0 Å². The van der Waals surface area contributed by atoms with Crippen molar-refractivity contribution in [1.82, 2.24) is 0 Å². The largest absolute Gasteiger partial charge is 0.394 e. The Morgan fingerprint density at radius 3 is 2.55 bits per heavy atom. The van der Waals surface area contributed by atoms with E-state index in [1.54, 1.807) is 0 Å². The average molecular weight is 290 g/mol. The molecule has 0 spiro atoms.